The average molecular weight is 170 g/mol. The lowest BCUT2D eigenvalue weighted by atomic mass is 10.2. The van der Waals surface area contributed by atoms with Gasteiger partial charge in [-0.05, 0) is 39.8 Å². The van der Waals surface area contributed by atoms with Crippen molar-refractivity contribution in [1.82, 2.24) is 5.32 Å². The zero-order valence-corrected chi connectivity index (χ0v) is 7.89. The van der Waals surface area contributed by atoms with Crippen molar-refractivity contribution in [2.75, 3.05) is 13.6 Å². The van der Waals surface area contributed by atoms with Crippen molar-refractivity contribution in [3.05, 3.63) is 11.6 Å². The number of allylic oxidation sites excluding steroid dienone is 1. The summed E-state index contributed by atoms with van der Waals surface area (Å²) in [5.74, 6) is -0.316. The van der Waals surface area contributed by atoms with Crippen LogP contribution in [0.1, 0.15) is 26.2 Å². The zero-order valence-electron chi connectivity index (χ0n) is 7.89. The molecule has 3 nitrogen and oxygen atoms in total. The second kappa shape index (κ2) is 6.85. The van der Waals surface area contributed by atoms with Gasteiger partial charge in [-0.3, -0.25) is 4.79 Å². The van der Waals surface area contributed by atoms with E-state index in [4.69, 9.17) is 5.73 Å². The molecule has 3 heteroatoms. The van der Waals surface area contributed by atoms with E-state index in [2.05, 4.69) is 5.32 Å². The monoisotopic (exact) mass is 170 g/mol. The Morgan fingerprint density at radius 1 is 1.50 bits per heavy atom. The van der Waals surface area contributed by atoms with Crippen LogP contribution in [-0.4, -0.2) is 19.5 Å². The van der Waals surface area contributed by atoms with Gasteiger partial charge in [-0.25, -0.2) is 0 Å². The Balaban J connectivity index is 3.40. The maximum atomic E-state index is 10.6. The Morgan fingerprint density at radius 3 is 2.67 bits per heavy atom. The highest BCUT2D eigenvalue weighted by Gasteiger charge is 1.94. The van der Waals surface area contributed by atoms with E-state index in [0.29, 0.717) is 5.57 Å². The zero-order chi connectivity index (χ0) is 9.40. The topological polar surface area (TPSA) is 55.1 Å². The number of unbranched alkanes of at least 4 members (excludes halogenated alkanes) is 2. The van der Waals surface area contributed by atoms with Crippen molar-refractivity contribution in [3.8, 4) is 0 Å². The summed E-state index contributed by atoms with van der Waals surface area (Å²) >= 11 is 0. The summed E-state index contributed by atoms with van der Waals surface area (Å²) < 4.78 is 0. The number of rotatable bonds is 6. The molecular formula is C9H18N2O. The molecule has 0 aliphatic heterocycles. The molecule has 0 unspecified atom stereocenters. The molecule has 0 fully saturated rings. The average Bonchev–Trinajstić information content (AvgIpc) is 2.03. The summed E-state index contributed by atoms with van der Waals surface area (Å²) in [6.07, 6.45) is 5.08. The number of hydrogen-bond acceptors (Lipinski definition) is 2. The number of carbonyl (C=O) groups excluding carboxylic acids is 1. The molecule has 0 aromatic rings. The lowest BCUT2D eigenvalue weighted by molar-refractivity contribution is -0.114. The van der Waals surface area contributed by atoms with Crippen LogP contribution in [0.2, 0.25) is 0 Å². The molecule has 0 aliphatic rings. The molecule has 0 aromatic carbocycles. The molecule has 0 spiro atoms. The quantitative estimate of drug-likeness (QED) is 0.458. The number of carbonyl (C=O) groups is 1. The van der Waals surface area contributed by atoms with E-state index < -0.39 is 0 Å². The molecule has 0 radical (unpaired) electrons. The van der Waals surface area contributed by atoms with Gasteiger partial charge in [0.15, 0.2) is 0 Å². The maximum Gasteiger partial charge on any atom is 0.244 e. The van der Waals surface area contributed by atoms with Gasteiger partial charge in [0.2, 0.25) is 5.91 Å². The summed E-state index contributed by atoms with van der Waals surface area (Å²) in [6.45, 7) is 2.78. The van der Waals surface area contributed by atoms with Gasteiger partial charge >= 0.3 is 0 Å². The van der Waals surface area contributed by atoms with Gasteiger partial charge < -0.3 is 11.1 Å². The van der Waals surface area contributed by atoms with Crippen molar-refractivity contribution in [2.45, 2.75) is 26.2 Å². The number of amides is 1. The van der Waals surface area contributed by atoms with Crippen LogP contribution < -0.4 is 11.1 Å². The van der Waals surface area contributed by atoms with Crippen molar-refractivity contribution >= 4 is 5.91 Å². The minimum Gasteiger partial charge on any atom is -0.366 e. The molecule has 70 valence electrons. The summed E-state index contributed by atoms with van der Waals surface area (Å²) in [5.41, 5.74) is 5.72. The van der Waals surface area contributed by atoms with E-state index in [9.17, 15) is 4.79 Å². The molecule has 0 aromatic heterocycles. The fraction of sp³-hybridized carbons (Fsp3) is 0.667. The van der Waals surface area contributed by atoms with Gasteiger partial charge in [0.1, 0.15) is 0 Å². The summed E-state index contributed by atoms with van der Waals surface area (Å²) in [4.78, 5) is 10.6. The van der Waals surface area contributed by atoms with Crippen molar-refractivity contribution < 1.29 is 4.79 Å². The molecule has 0 heterocycles. The molecule has 0 rings (SSSR count). The fourth-order valence-corrected chi connectivity index (χ4v) is 0.865. The Bertz CT molecular complexity index is 164. The van der Waals surface area contributed by atoms with Gasteiger partial charge in [0.05, 0.1) is 0 Å². The first-order chi connectivity index (χ1) is 5.68. The van der Waals surface area contributed by atoms with Crippen molar-refractivity contribution in [1.29, 1.82) is 0 Å². The van der Waals surface area contributed by atoms with Crippen LogP contribution in [0.25, 0.3) is 0 Å². The first kappa shape index (κ1) is 11.2. The minimum atomic E-state index is -0.316. The van der Waals surface area contributed by atoms with Gasteiger partial charge in [-0.2, -0.15) is 0 Å². The predicted octanol–water partition coefficient (Wildman–Crippen LogP) is 0.808. The summed E-state index contributed by atoms with van der Waals surface area (Å²) in [7, 11) is 1.94. The Labute approximate surface area is 74.0 Å². The SMILES string of the molecule is CNCCCCC=C(C)C(N)=O. The van der Waals surface area contributed by atoms with Crippen LogP contribution in [0.15, 0.2) is 11.6 Å². The van der Waals surface area contributed by atoms with E-state index in [0.717, 1.165) is 25.8 Å². The first-order valence-corrected chi connectivity index (χ1v) is 4.29. The largest absolute Gasteiger partial charge is 0.366 e. The molecule has 0 saturated heterocycles. The number of nitrogens with one attached hydrogen (secondary N) is 1. The van der Waals surface area contributed by atoms with Gasteiger partial charge in [-0.1, -0.05) is 6.08 Å². The Morgan fingerprint density at radius 2 is 2.17 bits per heavy atom. The summed E-state index contributed by atoms with van der Waals surface area (Å²) in [5, 5.41) is 3.07. The molecule has 0 saturated carbocycles. The van der Waals surface area contributed by atoms with E-state index in [1.54, 1.807) is 6.92 Å². The van der Waals surface area contributed by atoms with E-state index in [-0.39, 0.29) is 5.91 Å². The number of hydrogen-bond donors (Lipinski definition) is 2. The molecule has 0 atom stereocenters. The first-order valence-electron chi connectivity index (χ1n) is 4.29. The smallest absolute Gasteiger partial charge is 0.244 e. The standard InChI is InChI=1S/C9H18N2O/c1-8(9(10)12)6-4-3-5-7-11-2/h6,11H,3-5,7H2,1-2H3,(H2,10,12). The van der Waals surface area contributed by atoms with E-state index in [1.807, 2.05) is 13.1 Å². The normalized spacial score (nSPS) is 11.7. The second-order valence-electron chi connectivity index (χ2n) is 2.85. The van der Waals surface area contributed by atoms with Gasteiger partial charge in [0.25, 0.3) is 0 Å². The Hall–Kier alpha value is -0.830. The van der Waals surface area contributed by atoms with Gasteiger partial charge in [-0.15, -0.1) is 0 Å². The van der Waals surface area contributed by atoms with Crippen molar-refractivity contribution in [3.63, 3.8) is 0 Å². The third-order valence-electron chi connectivity index (χ3n) is 1.72. The third kappa shape index (κ3) is 5.92. The predicted molar refractivity (Wildman–Crippen MR) is 50.7 cm³/mol. The fourth-order valence-electron chi connectivity index (χ4n) is 0.865. The van der Waals surface area contributed by atoms with Crippen LogP contribution in [0.4, 0.5) is 0 Å². The highest BCUT2D eigenvalue weighted by Crippen LogP contribution is 1.99. The third-order valence-corrected chi connectivity index (χ3v) is 1.72. The maximum absolute atomic E-state index is 10.6. The molecule has 3 N–H and O–H groups in total. The highest BCUT2D eigenvalue weighted by atomic mass is 16.1. The second-order valence-corrected chi connectivity index (χ2v) is 2.85. The van der Waals surface area contributed by atoms with Crippen LogP contribution in [-0.2, 0) is 4.79 Å². The van der Waals surface area contributed by atoms with E-state index in [1.165, 1.54) is 0 Å². The lowest BCUT2D eigenvalue weighted by Crippen LogP contribution is -2.11. The Kier molecular flexibility index (Phi) is 6.38. The molecule has 0 aliphatic carbocycles. The number of primary amides is 1. The number of nitrogens with two attached hydrogens (primary N) is 1. The van der Waals surface area contributed by atoms with Crippen LogP contribution in [0.3, 0.4) is 0 Å². The van der Waals surface area contributed by atoms with Crippen molar-refractivity contribution in [2.24, 2.45) is 5.73 Å². The molecule has 12 heavy (non-hydrogen) atoms. The molecule has 1 amide bonds. The van der Waals surface area contributed by atoms with Crippen LogP contribution in [0.5, 0.6) is 0 Å². The highest BCUT2D eigenvalue weighted by molar-refractivity contribution is 5.91. The van der Waals surface area contributed by atoms with Gasteiger partial charge in [0, 0.05) is 5.57 Å². The van der Waals surface area contributed by atoms with Crippen LogP contribution >= 0.6 is 0 Å². The van der Waals surface area contributed by atoms with E-state index >= 15 is 0 Å². The molecule has 0 bridgehead atoms. The summed E-state index contributed by atoms with van der Waals surface area (Å²) in [6, 6.07) is 0. The minimum absolute atomic E-state index is 0.316. The van der Waals surface area contributed by atoms with Crippen LogP contribution in [0, 0.1) is 0 Å². The lowest BCUT2D eigenvalue weighted by Gasteiger charge is -1.97. The molecular weight excluding hydrogens is 152 g/mol.